The Morgan fingerprint density at radius 2 is 2.35 bits per heavy atom. The van der Waals surface area contributed by atoms with Gasteiger partial charge in [-0.25, -0.2) is 0 Å². The summed E-state index contributed by atoms with van der Waals surface area (Å²) in [7, 11) is 1.89. The highest BCUT2D eigenvalue weighted by molar-refractivity contribution is 9.10. The van der Waals surface area contributed by atoms with Crippen molar-refractivity contribution in [3.8, 4) is 0 Å². The maximum atomic E-state index is 12.3. The summed E-state index contributed by atoms with van der Waals surface area (Å²) in [5.74, 6) is 0.531. The van der Waals surface area contributed by atoms with E-state index in [-0.39, 0.29) is 11.9 Å². The topological polar surface area (TPSA) is 51.3 Å². The number of hydrogen-bond acceptors (Lipinski definition) is 2. The van der Waals surface area contributed by atoms with Crippen molar-refractivity contribution in [3.05, 3.63) is 22.4 Å². The van der Waals surface area contributed by atoms with Crippen LogP contribution in [0.5, 0.6) is 0 Å². The molecule has 0 bridgehead atoms. The van der Waals surface area contributed by atoms with Crippen LogP contribution in [0.3, 0.4) is 0 Å². The van der Waals surface area contributed by atoms with Gasteiger partial charge in [0, 0.05) is 36.8 Å². The summed E-state index contributed by atoms with van der Waals surface area (Å²) in [5, 5.41) is 0. The minimum absolute atomic E-state index is 0.0985. The number of aromatic nitrogens is 1. The molecule has 17 heavy (non-hydrogen) atoms. The predicted octanol–water partition coefficient (Wildman–Crippen LogP) is 1.60. The van der Waals surface area contributed by atoms with E-state index >= 15 is 0 Å². The summed E-state index contributed by atoms with van der Waals surface area (Å²) in [6.07, 6.45) is 2.90. The number of likely N-dealkylation sites (tertiary alicyclic amines) is 1. The van der Waals surface area contributed by atoms with Gasteiger partial charge in [0.05, 0.1) is 0 Å². The summed E-state index contributed by atoms with van der Waals surface area (Å²) < 4.78 is 2.79. The molecule has 1 saturated heterocycles. The van der Waals surface area contributed by atoms with Gasteiger partial charge in [-0.1, -0.05) is 0 Å². The molecule has 5 heteroatoms. The van der Waals surface area contributed by atoms with E-state index in [1.54, 1.807) is 0 Å². The van der Waals surface area contributed by atoms with Crippen molar-refractivity contribution in [1.29, 1.82) is 0 Å². The Morgan fingerprint density at radius 3 is 2.82 bits per heavy atom. The van der Waals surface area contributed by atoms with E-state index in [9.17, 15) is 4.79 Å². The molecule has 94 valence electrons. The van der Waals surface area contributed by atoms with Crippen molar-refractivity contribution >= 4 is 21.8 Å². The first-order valence-corrected chi connectivity index (χ1v) is 6.65. The number of halogens is 1. The Morgan fingerprint density at radius 1 is 1.65 bits per heavy atom. The predicted molar refractivity (Wildman–Crippen MR) is 70.8 cm³/mol. The van der Waals surface area contributed by atoms with Crippen LogP contribution in [0.25, 0.3) is 0 Å². The van der Waals surface area contributed by atoms with Gasteiger partial charge < -0.3 is 15.2 Å². The molecule has 1 fully saturated rings. The molecule has 2 rings (SSSR count). The lowest BCUT2D eigenvalue weighted by atomic mass is 10.0. The van der Waals surface area contributed by atoms with Crippen LogP contribution in [0.2, 0.25) is 0 Å². The number of hydrogen-bond donors (Lipinski definition) is 1. The van der Waals surface area contributed by atoms with E-state index in [2.05, 4.69) is 15.9 Å². The van der Waals surface area contributed by atoms with Crippen LogP contribution < -0.4 is 5.73 Å². The van der Waals surface area contributed by atoms with Crippen LogP contribution in [0, 0.1) is 5.92 Å². The molecule has 1 amide bonds. The molecule has 0 radical (unpaired) electrons. The van der Waals surface area contributed by atoms with E-state index < -0.39 is 0 Å². The first-order valence-electron chi connectivity index (χ1n) is 5.85. The smallest absolute Gasteiger partial charge is 0.270 e. The van der Waals surface area contributed by atoms with Crippen molar-refractivity contribution in [2.75, 3.05) is 13.1 Å². The zero-order chi connectivity index (χ0) is 12.6. The van der Waals surface area contributed by atoms with Gasteiger partial charge in [-0.2, -0.15) is 0 Å². The number of aryl methyl sites for hydroxylation is 1. The lowest BCUT2D eigenvalue weighted by molar-refractivity contribution is 0.0776. The Bertz CT molecular complexity index is 427. The molecule has 1 aromatic rings. The lowest BCUT2D eigenvalue weighted by Crippen LogP contribution is -2.33. The van der Waals surface area contributed by atoms with Crippen LogP contribution in [-0.4, -0.2) is 34.5 Å². The Kier molecular flexibility index (Phi) is 3.58. The third-order valence-corrected chi connectivity index (χ3v) is 3.88. The molecule has 4 nitrogen and oxygen atoms in total. The summed E-state index contributed by atoms with van der Waals surface area (Å²) in [6, 6.07) is 2.02. The molecule has 2 unspecified atom stereocenters. The third-order valence-electron chi connectivity index (χ3n) is 3.45. The molecule has 2 heterocycles. The summed E-state index contributed by atoms with van der Waals surface area (Å²) in [6.45, 7) is 3.60. The first kappa shape index (κ1) is 12.6. The van der Waals surface area contributed by atoms with Gasteiger partial charge in [-0.15, -0.1) is 0 Å². The molecule has 2 N–H and O–H groups in total. The molecule has 1 aliphatic rings. The zero-order valence-corrected chi connectivity index (χ0v) is 11.8. The molecular formula is C12H18BrN3O. The van der Waals surface area contributed by atoms with E-state index in [1.165, 1.54) is 0 Å². The van der Waals surface area contributed by atoms with Gasteiger partial charge in [0.2, 0.25) is 0 Å². The third kappa shape index (κ3) is 2.55. The molecule has 0 aromatic carbocycles. The Balaban J connectivity index is 2.09. The Labute approximate surface area is 110 Å². The second-order valence-corrected chi connectivity index (χ2v) is 5.73. The lowest BCUT2D eigenvalue weighted by Gasteiger charge is -2.18. The number of carbonyl (C=O) groups is 1. The van der Waals surface area contributed by atoms with Crippen LogP contribution >= 0.6 is 15.9 Å². The van der Waals surface area contributed by atoms with Crippen molar-refractivity contribution in [2.24, 2.45) is 18.7 Å². The van der Waals surface area contributed by atoms with Crippen molar-refractivity contribution in [2.45, 2.75) is 19.4 Å². The van der Waals surface area contributed by atoms with Crippen LogP contribution in [0.1, 0.15) is 23.8 Å². The van der Waals surface area contributed by atoms with Gasteiger partial charge >= 0.3 is 0 Å². The monoisotopic (exact) mass is 299 g/mol. The van der Waals surface area contributed by atoms with Gasteiger partial charge in [-0.3, -0.25) is 4.79 Å². The highest BCUT2D eigenvalue weighted by Crippen LogP contribution is 2.22. The largest absolute Gasteiger partial charge is 0.345 e. The molecule has 1 aliphatic heterocycles. The highest BCUT2D eigenvalue weighted by atomic mass is 79.9. The van der Waals surface area contributed by atoms with Gasteiger partial charge in [0.1, 0.15) is 5.69 Å². The molecule has 0 saturated carbocycles. The second kappa shape index (κ2) is 4.82. The minimum atomic E-state index is 0.0985. The molecule has 0 spiro atoms. The SMILES string of the molecule is CC(N)C1CCN(C(=O)c2cc(Br)cn2C)C1. The molecule has 0 aliphatic carbocycles. The minimum Gasteiger partial charge on any atom is -0.345 e. The fraction of sp³-hybridized carbons (Fsp3) is 0.583. The van der Waals surface area contributed by atoms with E-state index in [0.717, 1.165) is 29.7 Å². The van der Waals surface area contributed by atoms with Crippen LogP contribution in [0.4, 0.5) is 0 Å². The van der Waals surface area contributed by atoms with Gasteiger partial charge in [0.25, 0.3) is 5.91 Å². The van der Waals surface area contributed by atoms with E-state index in [1.807, 2.05) is 35.7 Å². The molecular weight excluding hydrogens is 282 g/mol. The molecule has 1 aromatic heterocycles. The van der Waals surface area contributed by atoms with Crippen LogP contribution in [-0.2, 0) is 7.05 Å². The Hall–Kier alpha value is -0.810. The number of nitrogens with two attached hydrogens (primary N) is 1. The van der Waals surface area contributed by atoms with Crippen molar-refractivity contribution < 1.29 is 4.79 Å². The summed E-state index contributed by atoms with van der Waals surface area (Å²) >= 11 is 3.38. The number of carbonyl (C=O) groups excluding carboxylic acids is 1. The highest BCUT2D eigenvalue weighted by Gasteiger charge is 2.29. The number of nitrogens with zero attached hydrogens (tertiary/aromatic N) is 2. The maximum Gasteiger partial charge on any atom is 0.270 e. The zero-order valence-electron chi connectivity index (χ0n) is 10.2. The fourth-order valence-electron chi connectivity index (χ4n) is 2.30. The van der Waals surface area contributed by atoms with Crippen LogP contribution in [0.15, 0.2) is 16.7 Å². The van der Waals surface area contributed by atoms with Crippen molar-refractivity contribution in [3.63, 3.8) is 0 Å². The second-order valence-electron chi connectivity index (χ2n) is 4.81. The van der Waals surface area contributed by atoms with Gasteiger partial charge in [0.15, 0.2) is 0 Å². The average molecular weight is 300 g/mol. The average Bonchev–Trinajstić information content (AvgIpc) is 2.84. The first-order chi connectivity index (χ1) is 7.99. The number of amides is 1. The summed E-state index contributed by atoms with van der Waals surface area (Å²) in [5.41, 5.74) is 6.61. The molecule has 2 atom stereocenters. The maximum absolute atomic E-state index is 12.3. The van der Waals surface area contributed by atoms with E-state index in [4.69, 9.17) is 5.73 Å². The van der Waals surface area contributed by atoms with Gasteiger partial charge in [-0.05, 0) is 41.3 Å². The normalized spacial score (nSPS) is 21.9. The fourth-order valence-corrected chi connectivity index (χ4v) is 2.82. The standard InChI is InChI=1S/C12H18BrN3O/c1-8(14)9-3-4-16(6-9)12(17)11-5-10(13)7-15(11)2/h5,7-9H,3-4,6,14H2,1-2H3. The summed E-state index contributed by atoms with van der Waals surface area (Å²) in [4.78, 5) is 14.2. The van der Waals surface area contributed by atoms with Crippen molar-refractivity contribution in [1.82, 2.24) is 9.47 Å². The van der Waals surface area contributed by atoms with E-state index in [0.29, 0.717) is 5.92 Å². The number of rotatable bonds is 2. The quantitative estimate of drug-likeness (QED) is 0.902.